The van der Waals surface area contributed by atoms with E-state index in [9.17, 15) is 4.79 Å². The summed E-state index contributed by atoms with van der Waals surface area (Å²) >= 11 is 0. The number of aromatic nitrogens is 2. The normalized spacial score (nSPS) is 14.2. The Morgan fingerprint density at radius 3 is 2.70 bits per heavy atom. The van der Waals surface area contributed by atoms with Gasteiger partial charge in [0, 0.05) is 18.2 Å². The fourth-order valence-electron chi connectivity index (χ4n) is 2.39. The van der Waals surface area contributed by atoms with Crippen molar-refractivity contribution in [2.75, 3.05) is 17.2 Å². The topological polar surface area (TPSA) is 75.0 Å². The van der Waals surface area contributed by atoms with Crippen molar-refractivity contribution in [1.82, 2.24) is 10.2 Å². The largest absolute Gasteiger partial charge is 0.395 e. The molecule has 1 aromatic heterocycles. The van der Waals surface area contributed by atoms with Gasteiger partial charge in [-0.1, -0.05) is 18.2 Å². The highest BCUT2D eigenvalue weighted by molar-refractivity contribution is 6.08. The van der Waals surface area contributed by atoms with Crippen molar-refractivity contribution in [3.05, 3.63) is 41.7 Å². The highest BCUT2D eigenvalue weighted by Crippen LogP contribution is 2.42. The van der Waals surface area contributed by atoms with E-state index in [0.29, 0.717) is 23.8 Å². The molecule has 0 bridgehead atoms. The number of hydrogen-bond acceptors (Lipinski definition) is 3. The number of aromatic amines is 1. The molecule has 1 aromatic carbocycles. The van der Waals surface area contributed by atoms with E-state index in [2.05, 4.69) is 10.2 Å². The first-order valence-corrected chi connectivity index (χ1v) is 6.93. The Labute approximate surface area is 117 Å². The molecule has 1 aliphatic carbocycles. The van der Waals surface area contributed by atoms with Gasteiger partial charge in [-0.2, -0.15) is 5.10 Å². The molecular weight excluding hydrogens is 252 g/mol. The molecule has 1 saturated carbocycles. The number of nitrogens with two attached hydrogens (primary N) is 1. The summed E-state index contributed by atoms with van der Waals surface area (Å²) in [5, 5.41) is 7.05. The van der Waals surface area contributed by atoms with E-state index in [0.717, 1.165) is 24.2 Å². The summed E-state index contributed by atoms with van der Waals surface area (Å²) in [5.74, 6) is 0.301. The number of rotatable bonds is 4. The van der Waals surface area contributed by atoms with Crippen LogP contribution in [0.4, 0.5) is 11.4 Å². The molecule has 5 nitrogen and oxygen atoms in total. The Bertz CT molecular complexity index is 616. The van der Waals surface area contributed by atoms with Gasteiger partial charge >= 0.3 is 0 Å². The van der Waals surface area contributed by atoms with Crippen LogP contribution in [0, 0.1) is 0 Å². The first-order valence-electron chi connectivity index (χ1n) is 6.93. The second kappa shape index (κ2) is 5.00. The maximum absolute atomic E-state index is 12.6. The highest BCUT2D eigenvalue weighted by atomic mass is 16.2. The van der Waals surface area contributed by atoms with Gasteiger partial charge in [0.15, 0.2) is 5.69 Å². The SMILES string of the molecule is CCN(C(=O)c1n[nH]c(C2CC2)c1N)c1ccccc1. The van der Waals surface area contributed by atoms with E-state index in [1.807, 2.05) is 37.3 Å². The van der Waals surface area contributed by atoms with Crippen LogP contribution in [0.2, 0.25) is 0 Å². The zero-order valence-electron chi connectivity index (χ0n) is 11.5. The van der Waals surface area contributed by atoms with Gasteiger partial charge in [0.25, 0.3) is 5.91 Å². The fraction of sp³-hybridized carbons (Fsp3) is 0.333. The van der Waals surface area contributed by atoms with Crippen LogP contribution in [0.1, 0.15) is 41.9 Å². The van der Waals surface area contributed by atoms with Gasteiger partial charge in [-0.05, 0) is 31.9 Å². The third kappa shape index (κ3) is 2.15. The molecule has 2 aromatic rings. The molecule has 104 valence electrons. The van der Waals surface area contributed by atoms with E-state index in [-0.39, 0.29) is 5.91 Å². The van der Waals surface area contributed by atoms with Crippen molar-refractivity contribution in [3.8, 4) is 0 Å². The number of nitrogens with zero attached hydrogens (tertiary/aromatic N) is 2. The number of nitrogens with one attached hydrogen (secondary N) is 1. The number of hydrogen-bond donors (Lipinski definition) is 2. The zero-order valence-corrected chi connectivity index (χ0v) is 11.5. The summed E-state index contributed by atoms with van der Waals surface area (Å²) < 4.78 is 0. The van der Waals surface area contributed by atoms with Crippen molar-refractivity contribution in [3.63, 3.8) is 0 Å². The van der Waals surface area contributed by atoms with Gasteiger partial charge in [0.05, 0.1) is 11.4 Å². The lowest BCUT2D eigenvalue weighted by molar-refractivity contribution is 0.0984. The summed E-state index contributed by atoms with van der Waals surface area (Å²) in [5.41, 5.74) is 8.68. The minimum Gasteiger partial charge on any atom is -0.395 e. The lowest BCUT2D eigenvalue weighted by Crippen LogP contribution is -2.31. The molecule has 1 aliphatic rings. The molecule has 3 N–H and O–H groups in total. The summed E-state index contributed by atoms with van der Waals surface area (Å²) in [6, 6.07) is 9.57. The molecular formula is C15H18N4O. The third-order valence-corrected chi connectivity index (χ3v) is 3.65. The molecule has 0 unspecified atom stereocenters. The molecule has 5 heteroatoms. The van der Waals surface area contributed by atoms with Crippen molar-refractivity contribution in [1.29, 1.82) is 0 Å². The molecule has 1 fully saturated rings. The van der Waals surface area contributed by atoms with Crippen LogP contribution in [0.3, 0.4) is 0 Å². The average molecular weight is 270 g/mol. The Morgan fingerprint density at radius 1 is 1.40 bits per heavy atom. The average Bonchev–Trinajstić information content (AvgIpc) is 3.24. The highest BCUT2D eigenvalue weighted by Gasteiger charge is 2.31. The first-order chi connectivity index (χ1) is 9.72. The second-order valence-corrected chi connectivity index (χ2v) is 5.06. The van der Waals surface area contributed by atoms with Gasteiger partial charge in [-0.25, -0.2) is 0 Å². The number of carbonyl (C=O) groups excluding carboxylic acids is 1. The van der Waals surface area contributed by atoms with Crippen LogP contribution in [-0.2, 0) is 0 Å². The van der Waals surface area contributed by atoms with Gasteiger partial charge in [-0.3, -0.25) is 9.89 Å². The predicted octanol–water partition coefficient (Wildman–Crippen LogP) is 2.54. The van der Waals surface area contributed by atoms with E-state index in [1.165, 1.54) is 0 Å². The van der Waals surface area contributed by atoms with E-state index >= 15 is 0 Å². The number of para-hydroxylation sites is 1. The van der Waals surface area contributed by atoms with E-state index < -0.39 is 0 Å². The van der Waals surface area contributed by atoms with Crippen LogP contribution < -0.4 is 10.6 Å². The quantitative estimate of drug-likeness (QED) is 0.896. The number of carbonyl (C=O) groups is 1. The van der Waals surface area contributed by atoms with Crippen LogP contribution >= 0.6 is 0 Å². The fourth-order valence-corrected chi connectivity index (χ4v) is 2.39. The third-order valence-electron chi connectivity index (χ3n) is 3.65. The number of H-pyrrole nitrogens is 1. The predicted molar refractivity (Wildman–Crippen MR) is 78.8 cm³/mol. The minimum absolute atomic E-state index is 0.153. The molecule has 0 radical (unpaired) electrons. The van der Waals surface area contributed by atoms with Crippen LogP contribution in [0.5, 0.6) is 0 Å². The molecule has 0 saturated heterocycles. The molecule has 3 rings (SSSR count). The van der Waals surface area contributed by atoms with Crippen molar-refractivity contribution >= 4 is 17.3 Å². The van der Waals surface area contributed by atoms with E-state index in [4.69, 9.17) is 5.73 Å². The molecule has 20 heavy (non-hydrogen) atoms. The maximum Gasteiger partial charge on any atom is 0.280 e. The van der Waals surface area contributed by atoms with Crippen LogP contribution in [-0.4, -0.2) is 22.6 Å². The van der Waals surface area contributed by atoms with Gasteiger partial charge in [0.2, 0.25) is 0 Å². The van der Waals surface area contributed by atoms with Gasteiger partial charge < -0.3 is 10.6 Å². The Balaban J connectivity index is 1.91. The summed E-state index contributed by atoms with van der Waals surface area (Å²) in [6.07, 6.45) is 2.24. The van der Waals surface area contributed by atoms with Crippen LogP contribution in [0.25, 0.3) is 0 Å². The maximum atomic E-state index is 12.6. The van der Waals surface area contributed by atoms with Gasteiger partial charge in [-0.15, -0.1) is 0 Å². The summed E-state index contributed by atoms with van der Waals surface area (Å²) in [6.45, 7) is 2.52. The standard InChI is InChI=1S/C15H18N4O/c1-2-19(11-6-4-3-5-7-11)15(20)14-12(16)13(17-18-14)10-8-9-10/h3-7,10H,2,8-9,16H2,1H3,(H,17,18). The van der Waals surface area contributed by atoms with Crippen molar-refractivity contribution < 1.29 is 4.79 Å². The molecule has 0 atom stereocenters. The zero-order chi connectivity index (χ0) is 14.1. The first kappa shape index (κ1) is 12.7. The van der Waals surface area contributed by atoms with Crippen LogP contribution in [0.15, 0.2) is 30.3 Å². The summed E-state index contributed by atoms with van der Waals surface area (Å²) in [7, 11) is 0. The molecule has 1 heterocycles. The molecule has 0 spiro atoms. The monoisotopic (exact) mass is 270 g/mol. The summed E-state index contributed by atoms with van der Waals surface area (Å²) in [4.78, 5) is 14.3. The number of anilines is 2. The smallest absolute Gasteiger partial charge is 0.280 e. The molecule has 0 aliphatic heterocycles. The Morgan fingerprint density at radius 2 is 2.10 bits per heavy atom. The lowest BCUT2D eigenvalue weighted by Gasteiger charge is -2.20. The van der Waals surface area contributed by atoms with Crippen molar-refractivity contribution in [2.24, 2.45) is 0 Å². The number of benzene rings is 1. The second-order valence-electron chi connectivity index (χ2n) is 5.06. The Hall–Kier alpha value is -2.30. The van der Waals surface area contributed by atoms with Gasteiger partial charge in [0.1, 0.15) is 0 Å². The lowest BCUT2D eigenvalue weighted by atomic mass is 10.2. The Kier molecular flexibility index (Phi) is 3.18. The molecule has 1 amide bonds. The van der Waals surface area contributed by atoms with Crippen molar-refractivity contribution in [2.45, 2.75) is 25.7 Å². The number of nitrogen functional groups attached to an aromatic ring is 1. The van der Waals surface area contributed by atoms with E-state index in [1.54, 1.807) is 4.90 Å². The number of amides is 1. The minimum atomic E-state index is -0.153.